The lowest BCUT2D eigenvalue weighted by molar-refractivity contribution is -0.122. The van der Waals surface area contributed by atoms with E-state index in [-0.39, 0.29) is 42.7 Å². The molecule has 5 nitrogen and oxygen atoms in total. The molecule has 7 heteroatoms. The Morgan fingerprint density at radius 1 is 1.24 bits per heavy atom. The van der Waals surface area contributed by atoms with Crippen molar-refractivity contribution in [2.75, 3.05) is 6.54 Å². The van der Waals surface area contributed by atoms with Gasteiger partial charge in [-0.3, -0.25) is 4.79 Å². The Bertz CT molecular complexity index is 683. The van der Waals surface area contributed by atoms with Gasteiger partial charge in [-0.25, -0.2) is 4.98 Å². The van der Waals surface area contributed by atoms with Crippen molar-refractivity contribution in [3.05, 3.63) is 41.8 Å². The van der Waals surface area contributed by atoms with E-state index in [0.29, 0.717) is 23.9 Å². The number of benzene rings is 1. The van der Waals surface area contributed by atoms with E-state index in [1.54, 1.807) is 0 Å². The molecule has 0 atom stereocenters. The van der Waals surface area contributed by atoms with Crippen LogP contribution in [0.2, 0.25) is 0 Å². The number of nitrogens with two attached hydrogens (primary N) is 1. The summed E-state index contributed by atoms with van der Waals surface area (Å²) in [5, 5.41) is 3.12. The van der Waals surface area contributed by atoms with Crippen molar-refractivity contribution in [3.63, 3.8) is 0 Å². The van der Waals surface area contributed by atoms with E-state index < -0.39 is 0 Å². The lowest BCUT2D eigenvalue weighted by atomic mass is 9.97. The number of hydrogen-bond acceptors (Lipinski definition) is 4. The van der Waals surface area contributed by atoms with E-state index >= 15 is 0 Å². The van der Waals surface area contributed by atoms with Crippen molar-refractivity contribution in [3.8, 4) is 11.5 Å². The average Bonchev–Trinajstić information content (AvgIpc) is 3.16. The van der Waals surface area contributed by atoms with Crippen molar-refractivity contribution >= 4 is 30.7 Å². The first-order valence-corrected chi connectivity index (χ1v) is 8.15. The SMILES string of the molecule is Cc1oc(-c2ccccc2)nc1CC(=O)NC1(CN)CCCC1.Cl.Cl. The Kier molecular flexibility index (Phi) is 7.93. The van der Waals surface area contributed by atoms with Crippen LogP contribution in [0.15, 0.2) is 34.7 Å². The number of carbonyl (C=O) groups excluding carboxylic acids is 1. The molecule has 138 valence electrons. The minimum absolute atomic E-state index is 0. The molecule has 1 heterocycles. The number of oxazole rings is 1. The maximum Gasteiger partial charge on any atom is 0.226 e. The van der Waals surface area contributed by atoms with Gasteiger partial charge >= 0.3 is 0 Å². The molecule has 1 amide bonds. The molecule has 0 aliphatic heterocycles. The fourth-order valence-corrected chi connectivity index (χ4v) is 3.22. The third kappa shape index (κ3) is 4.97. The zero-order chi connectivity index (χ0) is 16.3. The van der Waals surface area contributed by atoms with Gasteiger partial charge < -0.3 is 15.5 Å². The average molecular weight is 386 g/mol. The third-order valence-corrected chi connectivity index (χ3v) is 4.60. The van der Waals surface area contributed by atoms with Crippen molar-refractivity contribution in [2.45, 2.75) is 44.6 Å². The summed E-state index contributed by atoms with van der Waals surface area (Å²) in [5.41, 5.74) is 7.25. The van der Waals surface area contributed by atoms with Gasteiger partial charge in [-0.15, -0.1) is 24.8 Å². The van der Waals surface area contributed by atoms with Gasteiger partial charge in [0.05, 0.1) is 17.7 Å². The highest BCUT2D eigenvalue weighted by molar-refractivity contribution is 5.85. The van der Waals surface area contributed by atoms with E-state index in [9.17, 15) is 4.79 Å². The van der Waals surface area contributed by atoms with Crippen LogP contribution >= 0.6 is 24.8 Å². The van der Waals surface area contributed by atoms with E-state index in [1.165, 1.54) is 0 Å². The van der Waals surface area contributed by atoms with E-state index in [0.717, 1.165) is 31.2 Å². The second-order valence-corrected chi connectivity index (χ2v) is 6.30. The quantitative estimate of drug-likeness (QED) is 0.825. The van der Waals surface area contributed by atoms with Crippen LogP contribution < -0.4 is 11.1 Å². The summed E-state index contributed by atoms with van der Waals surface area (Å²) >= 11 is 0. The number of amides is 1. The molecule has 1 aliphatic rings. The van der Waals surface area contributed by atoms with Crippen LogP contribution in [0.5, 0.6) is 0 Å². The predicted octanol–water partition coefficient (Wildman–Crippen LogP) is 3.42. The molecular formula is C18H25Cl2N3O2. The van der Waals surface area contributed by atoms with Crippen molar-refractivity contribution in [1.29, 1.82) is 0 Å². The van der Waals surface area contributed by atoms with Gasteiger partial charge in [0.15, 0.2) is 0 Å². The van der Waals surface area contributed by atoms with Gasteiger partial charge in [-0.1, -0.05) is 31.0 Å². The lowest BCUT2D eigenvalue weighted by Gasteiger charge is -2.28. The molecule has 1 saturated carbocycles. The number of aryl methyl sites for hydroxylation is 1. The molecule has 0 saturated heterocycles. The molecule has 1 aromatic heterocycles. The van der Waals surface area contributed by atoms with Crippen molar-refractivity contribution in [2.24, 2.45) is 5.73 Å². The Morgan fingerprint density at radius 3 is 2.48 bits per heavy atom. The van der Waals surface area contributed by atoms with Crippen LogP contribution in [0, 0.1) is 6.92 Å². The summed E-state index contributed by atoms with van der Waals surface area (Å²) in [7, 11) is 0. The normalized spacial score (nSPS) is 15.1. The molecule has 1 aliphatic carbocycles. The number of aromatic nitrogens is 1. The number of carbonyl (C=O) groups is 1. The van der Waals surface area contributed by atoms with Crippen molar-refractivity contribution < 1.29 is 9.21 Å². The minimum atomic E-state index is -0.225. The van der Waals surface area contributed by atoms with Crippen LogP contribution in [-0.4, -0.2) is 23.0 Å². The lowest BCUT2D eigenvalue weighted by Crippen LogP contribution is -2.52. The summed E-state index contributed by atoms with van der Waals surface area (Å²) in [4.78, 5) is 16.9. The molecule has 1 fully saturated rings. The highest BCUT2D eigenvalue weighted by Crippen LogP contribution is 2.29. The monoisotopic (exact) mass is 385 g/mol. The fourth-order valence-electron chi connectivity index (χ4n) is 3.22. The largest absolute Gasteiger partial charge is 0.441 e. The maximum atomic E-state index is 12.4. The topological polar surface area (TPSA) is 81.2 Å². The zero-order valence-electron chi connectivity index (χ0n) is 14.3. The molecule has 25 heavy (non-hydrogen) atoms. The molecule has 0 unspecified atom stereocenters. The standard InChI is InChI=1S/C18H23N3O2.2ClH/c1-13-15(20-17(23-13)14-7-3-2-4-8-14)11-16(22)21-18(12-19)9-5-6-10-18;;/h2-4,7-8H,5-6,9-12,19H2,1H3,(H,21,22);2*1H. The second kappa shape index (κ2) is 9.22. The van der Waals surface area contributed by atoms with Crippen LogP contribution in [0.3, 0.4) is 0 Å². The van der Waals surface area contributed by atoms with Crippen molar-refractivity contribution in [1.82, 2.24) is 10.3 Å². The highest BCUT2D eigenvalue weighted by atomic mass is 35.5. The van der Waals surface area contributed by atoms with Gasteiger partial charge in [0.1, 0.15) is 5.76 Å². The molecule has 2 aromatic rings. The first kappa shape index (κ1) is 21.5. The van der Waals surface area contributed by atoms with Gasteiger partial charge in [-0.2, -0.15) is 0 Å². The number of rotatable bonds is 5. The Labute approximate surface area is 160 Å². The van der Waals surface area contributed by atoms with Gasteiger partial charge in [0.25, 0.3) is 0 Å². The van der Waals surface area contributed by atoms with E-state index in [2.05, 4.69) is 10.3 Å². The first-order chi connectivity index (χ1) is 11.1. The maximum absolute atomic E-state index is 12.4. The molecule has 3 rings (SSSR count). The highest BCUT2D eigenvalue weighted by Gasteiger charge is 2.34. The van der Waals surface area contributed by atoms with Crippen LogP contribution in [0.4, 0.5) is 0 Å². The summed E-state index contributed by atoms with van der Waals surface area (Å²) in [6.45, 7) is 2.34. The summed E-state index contributed by atoms with van der Waals surface area (Å²) in [6.07, 6.45) is 4.39. The van der Waals surface area contributed by atoms with E-state index in [1.807, 2.05) is 37.3 Å². The second-order valence-electron chi connectivity index (χ2n) is 6.30. The summed E-state index contributed by atoms with van der Waals surface area (Å²) in [5.74, 6) is 1.21. The number of hydrogen-bond donors (Lipinski definition) is 2. The van der Waals surface area contributed by atoms with E-state index in [4.69, 9.17) is 10.2 Å². The molecule has 0 radical (unpaired) electrons. The molecule has 3 N–H and O–H groups in total. The predicted molar refractivity (Wildman–Crippen MR) is 103 cm³/mol. The number of nitrogens with one attached hydrogen (secondary N) is 1. The van der Waals surface area contributed by atoms with Gasteiger partial charge in [-0.05, 0) is 31.9 Å². The Balaban J connectivity index is 0.00000156. The summed E-state index contributed by atoms with van der Waals surface area (Å²) < 4.78 is 5.71. The van der Waals surface area contributed by atoms with Crippen LogP contribution in [-0.2, 0) is 11.2 Å². The molecular weight excluding hydrogens is 361 g/mol. The minimum Gasteiger partial charge on any atom is -0.441 e. The Hall–Kier alpha value is -1.56. The number of halogens is 2. The van der Waals surface area contributed by atoms with Gasteiger partial charge in [0, 0.05) is 12.1 Å². The fraction of sp³-hybridized carbons (Fsp3) is 0.444. The molecule has 0 spiro atoms. The smallest absolute Gasteiger partial charge is 0.226 e. The first-order valence-electron chi connectivity index (χ1n) is 8.15. The van der Waals surface area contributed by atoms with Crippen LogP contribution in [0.25, 0.3) is 11.5 Å². The summed E-state index contributed by atoms with van der Waals surface area (Å²) in [6, 6.07) is 9.70. The molecule has 1 aromatic carbocycles. The zero-order valence-corrected chi connectivity index (χ0v) is 15.9. The molecule has 0 bridgehead atoms. The van der Waals surface area contributed by atoms with Crippen LogP contribution in [0.1, 0.15) is 37.1 Å². The number of nitrogens with zero attached hydrogens (tertiary/aromatic N) is 1. The third-order valence-electron chi connectivity index (χ3n) is 4.60. The Morgan fingerprint density at radius 2 is 1.88 bits per heavy atom. The van der Waals surface area contributed by atoms with Gasteiger partial charge in [0.2, 0.25) is 11.8 Å².